The standard InChI is InChI=1S/C32H39N3O7.C2H6/c1-8-21-22-13-20(41-17-19(11-12-34(5)6)31(39)42-32(2,3)4)9-10-26(22)33-29-24(21)15-35-27(29)14-23(28(37)16-36)25(18-40-7)30(35)38;1-2/h9-11,13-14,16,28,37H,8,12,15,17-18H2,1-7H3;1-2H3/b19-11+;. The number of esters is 1. The molecule has 0 saturated carbocycles. The predicted molar refractivity (Wildman–Crippen MR) is 171 cm³/mol. The van der Waals surface area contributed by atoms with E-state index in [0.717, 1.165) is 16.5 Å². The summed E-state index contributed by atoms with van der Waals surface area (Å²) >= 11 is 0. The first kappa shape index (κ1) is 34.6. The van der Waals surface area contributed by atoms with Gasteiger partial charge in [-0.2, -0.15) is 0 Å². The number of likely N-dealkylation sites (N-methyl/N-ethyl adjacent to an activating group) is 1. The molecular formula is C34H45N3O7. The molecule has 238 valence electrons. The van der Waals surface area contributed by atoms with Crippen LogP contribution in [0.25, 0.3) is 22.3 Å². The minimum Gasteiger partial charge on any atom is -0.489 e. The van der Waals surface area contributed by atoms with Gasteiger partial charge in [0, 0.05) is 35.7 Å². The highest BCUT2D eigenvalue weighted by Gasteiger charge is 2.29. The highest BCUT2D eigenvalue weighted by molar-refractivity contribution is 5.90. The van der Waals surface area contributed by atoms with Crippen molar-refractivity contribution in [3.8, 4) is 17.1 Å². The molecule has 44 heavy (non-hydrogen) atoms. The second kappa shape index (κ2) is 14.7. The zero-order chi connectivity index (χ0) is 32.8. The summed E-state index contributed by atoms with van der Waals surface area (Å²) in [4.78, 5) is 44.6. The average molecular weight is 608 g/mol. The number of rotatable bonds is 11. The first-order valence-electron chi connectivity index (χ1n) is 14.9. The van der Waals surface area contributed by atoms with Crippen molar-refractivity contribution in [2.24, 2.45) is 0 Å². The Bertz CT molecular complexity index is 1600. The van der Waals surface area contributed by atoms with Gasteiger partial charge < -0.3 is 33.6 Å². The molecule has 1 N–H and O–H groups in total. The quantitative estimate of drug-likeness (QED) is 0.148. The monoisotopic (exact) mass is 607 g/mol. The lowest BCUT2D eigenvalue weighted by Gasteiger charge is -2.21. The van der Waals surface area contributed by atoms with E-state index >= 15 is 0 Å². The Morgan fingerprint density at radius 1 is 1.18 bits per heavy atom. The molecule has 0 amide bonds. The molecule has 1 aliphatic heterocycles. The van der Waals surface area contributed by atoms with Crippen LogP contribution in [0.15, 0.2) is 40.7 Å². The topological polar surface area (TPSA) is 120 Å². The van der Waals surface area contributed by atoms with E-state index in [1.165, 1.54) is 7.11 Å². The number of aryl methyl sites for hydroxylation is 1. The zero-order valence-corrected chi connectivity index (χ0v) is 27.3. The fourth-order valence-corrected chi connectivity index (χ4v) is 5.07. The number of benzene rings is 1. The van der Waals surface area contributed by atoms with Crippen molar-refractivity contribution in [3.05, 3.63) is 68.5 Å². The van der Waals surface area contributed by atoms with Gasteiger partial charge in [-0.1, -0.05) is 26.8 Å². The second-order valence-electron chi connectivity index (χ2n) is 11.6. The zero-order valence-electron chi connectivity index (χ0n) is 27.3. The van der Waals surface area contributed by atoms with Crippen LogP contribution in [0.2, 0.25) is 0 Å². The normalized spacial score (nSPS) is 13.2. The molecule has 3 aromatic rings. The minimum atomic E-state index is -1.44. The number of carbonyl (C=O) groups excluding carboxylic acids is 2. The van der Waals surface area contributed by atoms with E-state index < -0.39 is 17.7 Å². The van der Waals surface area contributed by atoms with Gasteiger partial charge in [0.05, 0.1) is 35.6 Å². The molecule has 0 bridgehead atoms. The first-order chi connectivity index (χ1) is 20.9. The molecule has 1 aromatic carbocycles. The number of ether oxygens (including phenoxy) is 3. The average Bonchev–Trinajstić information content (AvgIpc) is 3.35. The Hall–Kier alpha value is -3.86. The van der Waals surface area contributed by atoms with E-state index in [1.54, 1.807) is 16.7 Å². The van der Waals surface area contributed by atoms with Crippen LogP contribution in [0.5, 0.6) is 5.75 Å². The van der Waals surface area contributed by atoms with Crippen molar-refractivity contribution in [2.45, 2.75) is 72.8 Å². The van der Waals surface area contributed by atoms with E-state index in [0.29, 0.717) is 54.0 Å². The maximum atomic E-state index is 13.5. The highest BCUT2D eigenvalue weighted by Crippen LogP contribution is 2.38. The molecule has 0 saturated heterocycles. The smallest absolute Gasteiger partial charge is 0.337 e. The second-order valence-corrected chi connectivity index (χ2v) is 11.6. The number of methoxy groups -OCH3 is 1. The number of aliphatic hydroxyl groups is 1. The van der Waals surface area contributed by atoms with Crippen LogP contribution in [0.3, 0.4) is 0 Å². The Labute approximate surface area is 259 Å². The molecule has 4 rings (SSSR count). The van der Waals surface area contributed by atoms with E-state index in [-0.39, 0.29) is 29.9 Å². The predicted octanol–water partition coefficient (Wildman–Crippen LogP) is 4.60. The van der Waals surface area contributed by atoms with Gasteiger partial charge in [-0.05, 0) is 71.1 Å². The summed E-state index contributed by atoms with van der Waals surface area (Å²) in [5, 5.41) is 11.2. The van der Waals surface area contributed by atoms with Crippen LogP contribution in [-0.2, 0) is 38.6 Å². The fraction of sp³-hybridized carbons (Fsp3) is 0.471. The molecular weight excluding hydrogens is 562 g/mol. The minimum absolute atomic E-state index is 0.0271. The molecule has 0 fully saturated rings. The highest BCUT2D eigenvalue weighted by atomic mass is 16.6. The molecule has 0 spiro atoms. The number of aromatic nitrogens is 2. The SMILES string of the molecule is CC.CCc1c2c(nc3ccc(OC/C(=C\CN(C)C)C(=O)OC(C)(C)C)cc13)-c1cc(C(O)C=O)c(COC)c(=O)n1C2. The van der Waals surface area contributed by atoms with Gasteiger partial charge >= 0.3 is 5.97 Å². The van der Waals surface area contributed by atoms with Crippen LogP contribution < -0.4 is 10.3 Å². The van der Waals surface area contributed by atoms with Gasteiger partial charge in [0.1, 0.15) is 24.1 Å². The van der Waals surface area contributed by atoms with Crippen molar-refractivity contribution in [1.29, 1.82) is 0 Å². The van der Waals surface area contributed by atoms with Gasteiger partial charge in [-0.25, -0.2) is 9.78 Å². The summed E-state index contributed by atoms with van der Waals surface area (Å²) in [5.74, 6) is 0.152. The van der Waals surface area contributed by atoms with Gasteiger partial charge in [-0.15, -0.1) is 0 Å². The maximum Gasteiger partial charge on any atom is 0.337 e. The summed E-state index contributed by atoms with van der Waals surface area (Å²) < 4.78 is 18.5. The number of hydrogen-bond donors (Lipinski definition) is 1. The van der Waals surface area contributed by atoms with E-state index in [1.807, 2.05) is 78.7 Å². The number of hydrogen-bond acceptors (Lipinski definition) is 9. The summed E-state index contributed by atoms with van der Waals surface area (Å²) in [6, 6.07) is 7.21. The molecule has 1 aliphatic rings. The van der Waals surface area contributed by atoms with E-state index in [2.05, 4.69) is 0 Å². The molecule has 0 radical (unpaired) electrons. The van der Waals surface area contributed by atoms with Crippen molar-refractivity contribution in [2.75, 3.05) is 34.4 Å². The molecule has 10 heteroatoms. The number of carbonyl (C=O) groups is 2. The number of pyridine rings is 2. The lowest BCUT2D eigenvalue weighted by molar-refractivity contribution is -0.150. The van der Waals surface area contributed by atoms with E-state index in [4.69, 9.17) is 19.2 Å². The van der Waals surface area contributed by atoms with Crippen LogP contribution in [0.4, 0.5) is 0 Å². The summed E-state index contributed by atoms with van der Waals surface area (Å²) in [6.07, 6.45) is 1.44. The first-order valence-corrected chi connectivity index (χ1v) is 14.9. The Balaban J connectivity index is 0.00000259. The molecule has 1 unspecified atom stereocenters. The van der Waals surface area contributed by atoms with Gasteiger partial charge in [0.2, 0.25) is 0 Å². The summed E-state index contributed by atoms with van der Waals surface area (Å²) in [6.45, 7) is 12.4. The maximum absolute atomic E-state index is 13.5. The molecule has 1 atom stereocenters. The molecule has 10 nitrogen and oxygen atoms in total. The van der Waals surface area contributed by atoms with Crippen molar-refractivity contribution >= 4 is 23.2 Å². The van der Waals surface area contributed by atoms with Crippen LogP contribution in [0.1, 0.15) is 69.9 Å². The van der Waals surface area contributed by atoms with Gasteiger partial charge in [0.25, 0.3) is 5.56 Å². The van der Waals surface area contributed by atoms with Crippen LogP contribution >= 0.6 is 0 Å². The largest absolute Gasteiger partial charge is 0.489 e. The Kier molecular flexibility index (Phi) is 11.6. The number of aldehydes is 1. The van der Waals surface area contributed by atoms with Gasteiger partial charge in [-0.3, -0.25) is 4.79 Å². The molecule has 0 aliphatic carbocycles. The number of nitrogens with zero attached hydrogens (tertiary/aromatic N) is 3. The van der Waals surface area contributed by atoms with Crippen molar-refractivity contribution in [3.63, 3.8) is 0 Å². The van der Waals surface area contributed by atoms with Crippen molar-refractivity contribution < 1.29 is 28.9 Å². The lowest BCUT2D eigenvalue weighted by atomic mass is 9.98. The van der Waals surface area contributed by atoms with Crippen LogP contribution in [-0.4, -0.2) is 71.8 Å². The summed E-state index contributed by atoms with van der Waals surface area (Å²) in [7, 11) is 5.29. The van der Waals surface area contributed by atoms with Crippen molar-refractivity contribution in [1.82, 2.24) is 14.5 Å². The fourth-order valence-electron chi connectivity index (χ4n) is 5.07. The Morgan fingerprint density at radius 2 is 1.89 bits per heavy atom. The third kappa shape index (κ3) is 7.61. The summed E-state index contributed by atoms with van der Waals surface area (Å²) in [5.41, 5.74) is 3.78. The van der Waals surface area contributed by atoms with E-state index in [9.17, 15) is 19.5 Å². The third-order valence-electron chi connectivity index (χ3n) is 7.02. The molecule has 3 heterocycles. The Morgan fingerprint density at radius 3 is 2.48 bits per heavy atom. The number of fused-ring (bicyclic) bond motifs is 4. The van der Waals surface area contributed by atoms with Crippen LogP contribution in [0, 0.1) is 0 Å². The van der Waals surface area contributed by atoms with Gasteiger partial charge in [0.15, 0.2) is 6.29 Å². The third-order valence-corrected chi connectivity index (χ3v) is 7.02. The lowest BCUT2D eigenvalue weighted by Crippen LogP contribution is -2.27. The molecule has 2 aromatic heterocycles. The number of aliphatic hydroxyl groups excluding tert-OH is 1.